The fourth-order valence-electron chi connectivity index (χ4n) is 7.88. The molecule has 0 aromatic heterocycles. The average molecular weight is 421 g/mol. The Morgan fingerprint density at radius 1 is 1.00 bits per heavy atom. The van der Waals surface area contributed by atoms with Crippen LogP contribution in [-0.4, -0.2) is 12.9 Å². The minimum Gasteiger partial charge on any atom is -0.377 e. The zero-order valence-electron chi connectivity index (χ0n) is 20.2. The van der Waals surface area contributed by atoms with Gasteiger partial charge in [-0.05, 0) is 86.2 Å². The summed E-state index contributed by atoms with van der Waals surface area (Å²) in [5.74, 6) is 2.91. The standard InChI is InChI=1S/C29H40O2/c1-18(31-5)19-6-8-20(9-7-19)24-17-29(4)25(12-13-26(29)30)23-11-10-21-16-28(2,3)15-14-22(21)27(23)24/h6-9,18,21,23-25H,10-17H2,1-5H3. The molecule has 4 aliphatic carbocycles. The Hall–Kier alpha value is -1.41. The number of allylic oxidation sites excluding steroid dienone is 2. The summed E-state index contributed by atoms with van der Waals surface area (Å²) in [5.41, 5.74) is 6.58. The molecule has 5 rings (SSSR count). The van der Waals surface area contributed by atoms with Gasteiger partial charge in [0, 0.05) is 24.9 Å². The number of carbonyl (C=O) groups is 1. The predicted molar refractivity (Wildman–Crippen MR) is 126 cm³/mol. The van der Waals surface area contributed by atoms with Crippen molar-refractivity contribution in [2.24, 2.45) is 28.6 Å². The first-order valence-corrected chi connectivity index (χ1v) is 12.6. The second kappa shape index (κ2) is 7.58. The molecular formula is C29H40O2. The van der Waals surface area contributed by atoms with Gasteiger partial charge in [0.05, 0.1) is 6.10 Å². The van der Waals surface area contributed by atoms with Gasteiger partial charge in [-0.15, -0.1) is 0 Å². The third kappa shape index (κ3) is 3.45. The molecule has 168 valence electrons. The number of carbonyl (C=O) groups excluding carboxylic acids is 1. The van der Waals surface area contributed by atoms with Gasteiger partial charge in [-0.25, -0.2) is 0 Å². The highest BCUT2D eigenvalue weighted by atomic mass is 16.5. The van der Waals surface area contributed by atoms with Gasteiger partial charge in [0.25, 0.3) is 0 Å². The van der Waals surface area contributed by atoms with Crippen molar-refractivity contribution in [3.63, 3.8) is 0 Å². The largest absolute Gasteiger partial charge is 0.377 e. The normalized spacial score (nSPS) is 37.8. The molecule has 4 aliphatic rings. The van der Waals surface area contributed by atoms with Gasteiger partial charge in [0.1, 0.15) is 5.78 Å². The zero-order valence-corrected chi connectivity index (χ0v) is 20.2. The fourth-order valence-corrected chi connectivity index (χ4v) is 7.88. The summed E-state index contributed by atoms with van der Waals surface area (Å²) in [6.45, 7) is 9.33. The summed E-state index contributed by atoms with van der Waals surface area (Å²) < 4.78 is 5.53. The molecule has 31 heavy (non-hydrogen) atoms. The molecule has 6 unspecified atom stereocenters. The molecule has 0 saturated heterocycles. The smallest absolute Gasteiger partial charge is 0.139 e. The summed E-state index contributed by atoms with van der Waals surface area (Å²) >= 11 is 0. The Bertz CT molecular complexity index is 892. The van der Waals surface area contributed by atoms with Gasteiger partial charge >= 0.3 is 0 Å². The summed E-state index contributed by atoms with van der Waals surface area (Å²) in [7, 11) is 1.77. The van der Waals surface area contributed by atoms with Gasteiger partial charge < -0.3 is 4.74 Å². The van der Waals surface area contributed by atoms with Crippen LogP contribution in [0.25, 0.3) is 0 Å². The van der Waals surface area contributed by atoms with Crippen molar-refractivity contribution >= 4 is 5.78 Å². The van der Waals surface area contributed by atoms with Crippen LogP contribution < -0.4 is 0 Å². The van der Waals surface area contributed by atoms with Gasteiger partial charge in [0.15, 0.2) is 0 Å². The van der Waals surface area contributed by atoms with Crippen LogP contribution in [0.2, 0.25) is 0 Å². The summed E-state index contributed by atoms with van der Waals surface area (Å²) in [6, 6.07) is 9.16. The lowest BCUT2D eigenvalue weighted by Gasteiger charge is -2.53. The van der Waals surface area contributed by atoms with Crippen LogP contribution in [0.1, 0.15) is 102 Å². The van der Waals surface area contributed by atoms with E-state index in [4.69, 9.17) is 4.74 Å². The number of rotatable bonds is 3. The van der Waals surface area contributed by atoms with Gasteiger partial charge in [-0.2, -0.15) is 0 Å². The number of Topliss-reactive ketones (excluding diaryl/α,β-unsaturated/α-hetero) is 1. The molecule has 0 heterocycles. The Morgan fingerprint density at radius 3 is 2.45 bits per heavy atom. The van der Waals surface area contributed by atoms with Crippen LogP contribution in [0.3, 0.4) is 0 Å². The Kier molecular flexibility index (Phi) is 5.24. The highest BCUT2D eigenvalue weighted by Crippen LogP contribution is 2.64. The van der Waals surface area contributed by atoms with Crippen molar-refractivity contribution in [1.82, 2.24) is 0 Å². The van der Waals surface area contributed by atoms with E-state index in [0.717, 1.165) is 25.2 Å². The SMILES string of the molecule is COC(C)c1ccc(C2CC3(C)C(=O)CCC3C3CCC4CC(C)(C)CCC4=C23)cc1. The minimum atomic E-state index is -0.126. The number of methoxy groups -OCH3 is 1. The highest BCUT2D eigenvalue weighted by molar-refractivity contribution is 5.87. The monoisotopic (exact) mass is 420 g/mol. The summed E-state index contributed by atoms with van der Waals surface area (Å²) in [4.78, 5) is 13.1. The maximum Gasteiger partial charge on any atom is 0.139 e. The lowest BCUT2D eigenvalue weighted by atomic mass is 9.51. The number of hydrogen-bond acceptors (Lipinski definition) is 2. The molecule has 0 spiro atoms. The van der Waals surface area contributed by atoms with Crippen molar-refractivity contribution in [2.45, 2.75) is 91.1 Å². The molecule has 1 aromatic rings. The number of ketones is 1. The van der Waals surface area contributed by atoms with Crippen LogP contribution in [0, 0.1) is 28.6 Å². The first-order chi connectivity index (χ1) is 14.7. The molecular weight excluding hydrogens is 380 g/mol. The third-order valence-corrected chi connectivity index (χ3v) is 9.75. The molecule has 0 radical (unpaired) electrons. The van der Waals surface area contributed by atoms with E-state index in [2.05, 4.69) is 52.0 Å². The third-order valence-electron chi connectivity index (χ3n) is 9.75. The second-order valence-corrected chi connectivity index (χ2v) is 12.0. The van der Waals surface area contributed by atoms with E-state index in [9.17, 15) is 4.79 Å². The van der Waals surface area contributed by atoms with E-state index in [-0.39, 0.29) is 11.5 Å². The van der Waals surface area contributed by atoms with E-state index in [0.29, 0.717) is 29.0 Å². The molecule has 3 saturated carbocycles. The number of benzene rings is 1. The maximum atomic E-state index is 13.1. The molecule has 2 heteroatoms. The average Bonchev–Trinajstić information content (AvgIpc) is 3.06. The Labute approximate surface area is 188 Å². The van der Waals surface area contributed by atoms with Gasteiger partial charge in [-0.1, -0.05) is 56.2 Å². The Balaban J connectivity index is 1.59. The molecule has 0 N–H and O–H groups in total. The van der Waals surface area contributed by atoms with Crippen LogP contribution in [0.4, 0.5) is 0 Å². The summed E-state index contributed by atoms with van der Waals surface area (Å²) in [6.07, 6.45) is 9.61. The molecule has 0 bridgehead atoms. The van der Waals surface area contributed by atoms with Crippen LogP contribution in [0.5, 0.6) is 0 Å². The predicted octanol–water partition coefficient (Wildman–Crippen LogP) is 7.40. The second-order valence-electron chi connectivity index (χ2n) is 12.0. The lowest BCUT2D eigenvalue weighted by molar-refractivity contribution is -0.128. The minimum absolute atomic E-state index is 0.119. The van der Waals surface area contributed by atoms with Gasteiger partial charge in [0.2, 0.25) is 0 Å². The molecule has 3 fully saturated rings. The van der Waals surface area contributed by atoms with Crippen molar-refractivity contribution in [2.75, 3.05) is 7.11 Å². The Morgan fingerprint density at radius 2 is 1.74 bits per heavy atom. The van der Waals surface area contributed by atoms with Crippen LogP contribution >= 0.6 is 0 Å². The summed E-state index contributed by atoms with van der Waals surface area (Å²) in [5, 5.41) is 0. The van der Waals surface area contributed by atoms with E-state index in [1.165, 1.54) is 43.2 Å². The molecule has 6 atom stereocenters. The fraction of sp³-hybridized carbons (Fsp3) is 0.690. The van der Waals surface area contributed by atoms with E-state index >= 15 is 0 Å². The van der Waals surface area contributed by atoms with E-state index in [1.54, 1.807) is 18.3 Å². The molecule has 0 aliphatic heterocycles. The van der Waals surface area contributed by atoms with Crippen molar-refractivity contribution < 1.29 is 9.53 Å². The molecule has 0 amide bonds. The van der Waals surface area contributed by atoms with Crippen LogP contribution in [-0.2, 0) is 9.53 Å². The van der Waals surface area contributed by atoms with Crippen molar-refractivity contribution in [3.8, 4) is 0 Å². The number of fused-ring (bicyclic) bond motifs is 4. The zero-order chi connectivity index (χ0) is 22.0. The topological polar surface area (TPSA) is 26.3 Å². The molecule has 2 nitrogen and oxygen atoms in total. The van der Waals surface area contributed by atoms with Crippen molar-refractivity contribution in [3.05, 3.63) is 46.5 Å². The quantitative estimate of drug-likeness (QED) is 0.476. The first-order valence-electron chi connectivity index (χ1n) is 12.6. The van der Waals surface area contributed by atoms with Crippen LogP contribution in [0.15, 0.2) is 35.4 Å². The maximum absolute atomic E-state index is 13.1. The van der Waals surface area contributed by atoms with Crippen molar-refractivity contribution in [1.29, 1.82) is 0 Å². The molecule has 1 aromatic carbocycles. The highest BCUT2D eigenvalue weighted by Gasteiger charge is 2.57. The van der Waals surface area contributed by atoms with E-state index < -0.39 is 0 Å². The lowest BCUT2D eigenvalue weighted by Crippen LogP contribution is -2.44. The van der Waals surface area contributed by atoms with E-state index in [1.807, 2.05) is 0 Å². The van der Waals surface area contributed by atoms with Gasteiger partial charge in [-0.3, -0.25) is 4.79 Å². The number of hydrogen-bond donors (Lipinski definition) is 0. The number of ether oxygens (including phenoxy) is 1. The first kappa shape index (κ1) is 21.4.